The molecule has 1 heterocycles. The average Bonchev–Trinajstić information content (AvgIpc) is 2.98. The van der Waals surface area contributed by atoms with Gasteiger partial charge in [-0.3, -0.25) is 4.79 Å². The van der Waals surface area contributed by atoms with Gasteiger partial charge >= 0.3 is 0 Å². The number of nitrogens with zero attached hydrogens (tertiary/aromatic N) is 1. The van der Waals surface area contributed by atoms with E-state index in [1.165, 1.54) is 25.9 Å². The maximum absolute atomic E-state index is 11.5. The zero-order chi connectivity index (χ0) is 11.5. The predicted octanol–water partition coefficient (Wildman–Crippen LogP) is 0.182. The Kier molecular flexibility index (Phi) is 3.82. The number of likely N-dealkylation sites (tertiary alicyclic amines) is 1. The van der Waals surface area contributed by atoms with Crippen LogP contribution in [0.5, 0.6) is 0 Å². The molecule has 0 aromatic heterocycles. The van der Waals surface area contributed by atoms with Crippen LogP contribution in [0, 0.1) is 11.8 Å². The molecule has 0 bridgehead atoms. The van der Waals surface area contributed by atoms with Crippen molar-refractivity contribution in [2.75, 3.05) is 26.2 Å². The van der Waals surface area contributed by atoms with Crippen molar-refractivity contribution in [3.8, 4) is 0 Å². The number of amides is 1. The van der Waals surface area contributed by atoms with Gasteiger partial charge in [0.2, 0.25) is 5.91 Å². The Bertz CT molecular complexity index is 249. The molecule has 2 fully saturated rings. The van der Waals surface area contributed by atoms with E-state index >= 15 is 0 Å². The van der Waals surface area contributed by atoms with Crippen molar-refractivity contribution < 1.29 is 4.79 Å². The SMILES string of the molecule is CC1CCN(CCNC(=O)C2CC2N)CC1. The van der Waals surface area contributed by atoms with Crippen LogP contribution in [0.15, 0.2) is 0 Å². The molecule has 2 unspecified atom stereocenters. The molecule has 4 nitrogen and oxygen atoms in total. The van der Waals surface area contributed by atoms with Crippen molar-refractivity contribution >= 4 is 5.91 Å². The summed E-state index contributed by atoms with van der Waals surface area (Å²) in [4.78, 5) is 13.9. The second-order valence-electron chi connectivity index (χ2n) is 5.32. The maximum atomic E-state index is 11.5. The van der Waals surface area contributed by atoms with E-state index in [0.717, 1.165) is 25.4 Å². The first-order chi connectivity index (χ1) is 7.66. The molecule has 1 saturated carbocycles. The Morgan fingerprint density at radius 3 is 2.62 bits per heavy atom. The summed E-state index contributed by atoms with van der Waals surface area (Å²) in [6, 6.07) is 0.121. The summed E-state index contributed by atoms with van der Waals surface area (Å²) in [6.45, 7) is 6.43. The second-order valence-corrected chi connectivity index (χ2v) is 5.32. The average molecular weight is 225 g/mol. The van der Waals surface area contributed by atoms with Crippen molar-refractivity contribution in [3.63, 3.8) is 0 Å². The van der Waals surface area contributed by atoms with E-state index < -0.39 is 0 Å². The van der Waals surface area contributed by atoms with Gasteiger partial charge in [-0.05, 0) is 38.3 Å². The lowest BCUT2D eigenvalue weighted by atomic mass is 9.99. The highest BCUT2D eigenvalue weighted by molar-refractivity contribution is 5.82. The summed E-state index contributed by atoms with van der Waals surface area (Å²) in [5.41, 5.74) is 5.63. The Morgan fingerprint density at radius 2 is 2.06 bits per heavy atom. The van der Waals surface area contributed by atoms with Crippen LogP contribution in [0.2, 0.25) is 0 Å². The minimum atomic E-state index is 0.0985. The Labute approximate surface area is 97.6 Å². The lowest BCUT2D eigenvalue weighted by Gasteiger charge is -2.30. The molecule has 0 spiro atoms. The zero-order valence-electron chi connectivity index (χ0n) is 10.1. The molecule has 2 atom stereocenters. The molecule has 92 valence electrons. The van der Waals surface area contributed by atoms with Crippen LogP contribution >= 0.6 is 0 Å². The van der Waals surface area contributed by atoms with Gasteiger partial charge in [-0.15, -0.1) is 0 Å². The van der Waals surface area contributed by atoms with Crippen molar-refractivity contribution in [2.45, 2.75) is 32.2 Å². The summed E-state index contributed by atoms with van der Waals surface area (Å²) >= 11 is 0. The van der Waals surface area contributed by atoms with Crippen LogP contribution in [0.25, 0.3) is 0 Å². The highest BCUT2D eigenvalue weighted by Crippen LogP contribution is 2.27. The van der Waals surface area contributed by atoms with Crippen molar-refractivity contribution in [2.24, 2.45) is 17.6 Å². The topological polar surface area (TPSA) is 58.4 Å². The van der Waals surface area contributed by atoms with Crippen molar-refractivity contribution in [1.82, 2.24) is 10.2 Å². The van der Waals surface area contributed by atoms with Crippen LogP contribution in [0.3, 0.4) is 0 Å². The summed E-state index contributed by atoms with van der Waals surface area (Å²) in [7, 11) is 0. The van der Waals surface area contributed by atoms with Gasteiger partial charge < -0.3 is 16.0 Å². The Morgan fingerprint density at radius 1 is 1.44 bits per heavy atom. The van der Waals surface area contributed by atoms with Gasteiger partial charge in [-0.2, -0.15) is 0 Å². The van der Waals surface area contributed by atoms with E-state index in [1.807, 2.05) is 0 Å². The third kappa shape index (κ3) is 3.19. The van der Waals surface area contributed by atoms with Crippen molar-refractivity contribution in [3.05, 3.63) is 0 Å². The molecular weight excluding hydrogens is 202 g/mol. The summed E-state index contributed by atoms with van der Waals surface area (Å²) in [5, 5.41) is 2.97. The fraction of sp³-hybridized carbons (Fsp3) is 0.917. The molecule has 1 aliphatic carbocycles. The molecule has 2 aliphatic rings. The molecule has 0 aromatic rings. The largest absolute Gasteiger partial charge is 0.355 e. The van der Waals surface area contributed by atoms with Gasteiger partial charge in [0.25, 0.3) is 0 Å². The summed E-state index contributed by atoms with van der Waals surface area (Å²) in [5.74, 6) is 1.12. The van der Waals surface area contributed by atoms with E-state index in [-0.39, 0.29) is 17.9 Å². The van der Waals surface area contributed by atoms with Gasteiger partial charge in [0.05, 0.1) is 5.92 Å². The fourth-order valence-corrected chi connectivity index (χ4v) is 2.27. The quantitative estimate of drug-likeness (QED) is 0.717. The van der Waals surface area contributed by atoms with E-state index in [9.17, 15) is 4.79 Å². The standard InChI is InChI=1S/C12H23N3O/c1-9-2-5-15(6-3-9)7-4-14-12(16)10-8-11(10)13/h9-11H,2-8,13H2,1H3,(H,14,16). The first-order valence-electron chi connectivity index (χ1n) is 6.42. The van der Waals surface area contributed by atoms with Crippen LogP contribution in [-0.2, 0) is 4.79 Å². The number of nitrogens with two attached hydrogens (primary N) is 1. The first-order valence-corrected chi connectivity index (χ1v) is 6.42. The summed E-state index contributed by atoms with van der Waals surface area (Å²) in [6.07, 6.45) is 3.45. The van der Waals surface area contributed by atoms with Gasteiger partial charge in [-0.1, -0.05) is 6.92 Å². The van der Waals surface area contributed by atoms with Crippen LogP contribution in [0.4, 0.5) is 0 Å². The zero-order valence-corrected chi connectivity index (χ0v) is 10.1. The van der Waals surface area contributed by atoms with E-state index in [0.29, 0.717) is 0 Å². The van der Waals surface area contributed by atoms with Crippen LogP contribution < -0.4 is 11.1 Å². The van der Waals surface area contributed by atoms with Crippen LogP contribution in [0.1, 0.15) is 26.2 Å². The normalized spacial score (nSPS) is 31.4. The third-order valence-corrected chi connectivity index (χ3v) is 3.78. The molecule has 1 saturated heterocycles. The molecule has 3 N–H and O–H groups in total. The Hall–Kier alpha value is -0.610. The van der Waals surface area contributed by atoms with Gasteiger partial charge in [0, 0.05) is 19.1 Å². The number of carbonyl (C=O) groups is 1. The third-order valence-electron chi connectivity index (χ3n) is 3.78. The molecule has 2 rings (SSSR count). The van der Waals surface area contributed by atoms with Crippen molar-refractivity contribution in [1.29, 1.82) is 0 Å². The summed E-state index contributed by atoms with van der Waals surface area (Å²) < 4.78 is 0. The molecule has 16 heavy (non-hydrogen) atoms. The van der Waals surface area contributed by atoms with Gasteiger partial charge in [0.1, 0.15) is 0 Å². The lowest BCUT2D eigenvalue weighted by Crippen LogP contribution is -2.39. The predicted molar refractivity (Wildman–Crippen MR) is 63.9 cm³/mol. The Balaban J connectivity index is 1.56. The fourth-order valence-electron chi connectivity index (χ4n) is 2.27. The van der Waals surface area contributed by atoms with E-state index in [2.05, 4.69) is 17.1 Å². The minimum absolute atomic E-state index is 0.0985. The molecule has 0 aromatic carbocycles. The smallest absolute Gasteiger partial charge is 0.224 e. The number of hydrogen-bond donors (Lipinski definition) is 2. The highest BCUT2D eigenvalue weighted by atomic mass is 16.2. The number of hydrogen-bond acceptors (Lipinski definition) is 3. The highest BCUT2D eigenvalue weighted by Gasteiger charge is 2.39. The molecular formula is C12H23N3O. The number of carbonyl (C=O) groups excluding carboxylic acids is 1. The second kappa shape index (κ2) is 5.15. The van der Waals surface area contributed by atoms with Gasteiger partial charge in [0.15, 0.2) is 0 Å². The minimum Gasteiger partial charge on any atom is -0.355 e. The van der Waals surface area contributed by atoms with E-state index in [1.54, 1.807) is 0 Å². The molecule has 1 aliphatic heterocycles. The molecule has 1 amide bonds. The monoisotopic (exact) mass is 225 g/mol. The number of rotatable bonds is 4. The van der Waals surface area contributed by atoms with E-state index in [4.69, 9.17) is 5.73 Å². The lowest BCUT2D eigenvalue weighted by molar-refractivity contribution is -0.122. The molecule has 0 radical (unpaired) electrons. The number of nitrogens with one attached hydrogen (secondary N) is 1. The molecule has 4 heteroatoms. The maximum Gasteiger partial charge on any atom is 0.224 e. The van der Waals surface area contributed by atoms with Gasteiger partial charge in [-0.25, -0.2) is 0 Å². The van der Waals surface area contributed by atoms with Crippen LogP contribution in [-0.4, -0.2) is 43.0 Å². The number of piperidine rings is 1. The first kappa shape index (κ1) is 11.9.